The third kappa shape index (κ3) is 2.67. The minimum atomic E-state index is 0.261. The van der Waals surface area contributed by atoms with Crippen molar-refractivity contribution in [3.63, 3.8) is 0 Å². The van der Waals surface area contributed by atoms with Gasteiger partial charge in [-0.2, -0.15) is 9.78 Å². The third-order valence-electron chi connectivity index (χ3n) is 6.66. The lowest BCUT2D eigenvalue weighted by atomic mass is 10.1. The van der Waals surface area contributed by atoms with Gasteiger partial charge in [-0.3, -0.25) is 5.10 Å². The first-order chi connectivity index (χ1) is 14.7. The Kier molecular flexibility index (Phi) is 4.10. The van der Waals surface area contributed by atoms with Gasteiger partial charge < -0.3 is 25.6 Å². The highest BCUT2D eigenvalue weighted by molar-refractivity contribution is 6.00. The molecular weight excluding hydrogens is 382 g/mol. The molecule has 0 aromatic carbocycles. The molecule has 158 valence electrons. The summed E-state index contributed by atoms with van der Waals surface area (Å²) in [6.45, 7) is 6.41. The maximum absolute atomic E-state index is 6.48. The number of nitrogen functional groups attached to an aromatic ring is 1. The molecule has 10 heteroatoms. The molecule has 10 nitrogen and oxygen atoms in total. The predicted molar refractivity (Wildman–Crippen MR) is 115 cm³/mol. The first-order valence-electron chi connectivity index (χ1n) is 10.7. The first-order valence-corrected chi connectivity index (χ1v) is 10.7. The van der Waals surface area contributed by atoms with E-state index in [1.54, 1.807) is 10.9 Å². The van der Waals surface area contributed by atoms with Crippen molar-refractivity contribution >= 4 is 28.4 Å². The summed E-state index contributed by atoms with van der Waals surface area (Å²) >= 11 is 0. The van der Waals surface area contributed by atoms with E-state index in [-0.39, 0.29) is 6.04 Å². The van der Waals surface area contributed by atoms with Crippen molar-refractivity contribution < 1.29 is 4.74 Å². The van der Waals surface area contributed by atoms with Crippen molar-refractivity contribution in [2.24, 2.45) is 0 Å². The number of pyridine rings is 1. The molecule has 3 fully saturated rings. The molecule has 4 N–H and O–H groups in total. The van der Waals surface area contributed by atoms with Gasteiger partial charge in [-0.05, 0) is 19.8 Å². The highest BCUT2D eigenvalue weighted by Crippen LogP contribution is 2.41. The van der Waals surface area contributed by atoms with Crippen LogP contribution in [-0.2, 0) is 4.74 Å². The smallest absolute Gasteiger partial charge is 0.171 e. The summed E-state index contributed by atoms with van der Waals surface area (Å²) in [4.78, 5) is 9.94. The standard InChI is InChI=1S/C20H27N9O/c1-12-11-30-7-6-27(12)17-8-15(28-13-2-3-14(28)10-22-9-13)18-19(21)26-29(20(18)24-17)16-4-5-23-25-16/h4-5,8,12-14,22H,2-3,6-7,9-11H2,1H3,(H2,21,26)(H,23,25)/t12-,13?,14?/m1/s1. The van der Waals surface area contributed by atoms with Crippen LogP contribution in [-0.4, -0.2) is 75.9 Å². The Balaban J connectivity index is 1.58. The lowest BCUT2D eigenvalue weighted by Crippen LogP contribution is -2.52. The molecule has 3 aliphatic heterocycles. The molecular formula is C20H27N9O. The van der Waals surface area contributed by atoms with Crippen molar-refractivity contribution in [2.75, 3.05) is 48.4 Å². The van der Waals surface area contributed by atoms with Gasteiger partial charge in [0.2, 0.25) is 0 Å². The highest BCUT2D eigenvalue weighted by Gasteiger charge is 2.39. The number of nitrogens with two attached hydrogens (primary N) is 1. The van der Waals surface area contributed by atoms with Crippen molar-refractivity contribution in [3.8, 4) is 5.82 Å². The van der Waals surface area contributed by atoms with E-state index in [0.29, 0.717) is 31.1 Å². The van der Waals surface area contributed by atoms with Crippen LogP contribution in [0, 0.1) is 0 Å². The Bertz CT molecular complexity index is 1050. The molecule has 3 aliphatic rings. The van der Waals surface area contributed by atoms with Gasteiger partial charge in [-0.15, -0.1) is 5.10 Å². The molecule has 3 aromatic rings. The van der Waals surface area contributed by atoms with Crippen LogP contribution in [0.15, 0.2) is 18.3 Å². The number of nitrogens with zero attached hydrogens (tertiary/aromatic N) is 6. The van der Waals surface area contributed by atoms with Gasteiger partial charge in [0, 0.05) is 43.9 Å². The molecule has 0 spiro atoms. The second-order valence-electron chi connectivity index (χ2n) is 8.50. The average Bonchev–Trinajstić information content (AvgIpc) is 3.45. The van der Waals surface area contributed by atoms with Gasteiger partial charge >= 0.3 is 0 Å². The Morgan fingerprint density at radius 2 is 2.07 bits per heavy atom. The Hall–Kier alpha value is -2.85. The normalized spacial score (nSPS) is 26.6. The monoisotopic (exact) mass is 409 g/mol. The van der Waals surface area contributed by atoms with Crippen molar-refractivity contribution in [2.45, 2.75) is 37.9 Å². The molecule has 3 saturated heterocycles. The van der Waals surface area contributed by atoms with E-state index in [9.17, 15) is 0 Å². The van der Waals surface area contributed by atoms with Gasteiger partial charge in [-0.1, -0.05) is 0 Å². The van der Waals surface area contributed by atoms with Crippen LogP contribution >= 0.6 is 0 Å². The van der Waals surface area contributed by atoms with E-state index in [2.05, 4.69) is 43.4 Å². The van der Waals surface area contributed by atoms with Crippen LogP contribution < -0.4 is 20.9 Å². The minimum Gasteiger partial charge on any atom is -0.382 e. The fourth-order valence-corrected chi connectivity index (χ4v) is 5.23. The van der Waals surface area contributed by atoms with E-state index in [1.165, 1.54) is 12.8 Å². The molecule has 6 heterocycles. The van der Waals surface area contributed by atoms with E-state index in [0.717, 1.165) is 48.0 Å². The average molecular weight is 409 g/mol. The van der Waals surface area contributed by atoms with Crippen LogP contribution in [0.3, 0.4) is 0 Å². The highest BCUT2D eigenvalue weighted by atomic mass is 16.5. The topological polar surface area (TPSA) is 113 Å². The summed E-state index contributed by atoms with van der Waals surface area (Å²) < 4.78 is 7.44. The zero-order valence-corrected chi connectivity index (χ0v) is 17.1. The number of H-pyrrole nitrogens is 1. The third-order valence-corrected chi connectivity index (χ3v) is 6.66. The number of piperazine rings is 1. The van der Waals surface area contributed by atoms with Crippen LogP contribution in [0.5, 0.6) is 0 Å². The molecule has 2 unspecified atom stereocenters. The quantitative estimate of drug-likeness (QED) is 0.585. The summed E-state index contributed by atoms with van der Waals surface area (Å²) in [6, 6.07) is 5.30. The number of anilines is 3. The van der Waals surface area contributed by atoms with Gasteiger partial charge in [0.15, 0.2) is 17.3 Å². The number of hydrogen-bond donors (Lipinski definition) is 3. The second kappa shape index (κ2) is 6.85. The zero-order valence-electron chi connectivity index (χ0n) is 17.1. The van der Waals surface area contributed by atoms with Crippen molar-refractivity contribution in [1.82, 2.24) is 30.3 Å². The van der Waals surface area contributed by atoms with Gasteiger partial charge in [-0.25, -0.2) is 4.98 Å². The number of morpholine rings is 1. The molecule has 6 rings (SSSR count). The molecule has 30 heavy (non-hydrogen) atoms. The number of rotatable bonds is 3. The maximum Gasteiger partial charge on any atom is 0.171 e. The number of fused-ring (bicyclic) bond motifs is 3. The minimum absolute atomic E-state index is 0.261. The van der Waals surface area contributed by atoms with E-state index in [1.807, 2.05) is 6.07 Å². The van der Waals surface area contributed by atoms with Crippen molar-refractivity contribution in [3.05, 3.63) is 18.3 Å². The maximum atomic E-state index is 6.48. The van der Waals surface area contributed by atoms with Crippen LogP contribution in [0.4, 0.5) is 17.3 Å². The summed E-state index contributed by atoms with van der Waals surface area (Å²) in [5.74, 6) is 2.21. The molecule has 3 atom stereocenters. The van der Waals surface area contributed by atoms with Crippen LogP contribution in [0.1, 0.15) is 19.8 Å². The Labute approximate surface area is 174 Å². The lowest BCUT2D eigenvalue weighted by molar-refractivity contribution is 0.0985. The van der Waals surface area contributed by atoms with Crippen LogP contribution in [0.2, 0.25) is 0 Å². The lowest BCUT2D eigenvalue weighted by Gasteiger charge is -2.39. The van der Waals surface area contributed by atoms with E-state index in [4.69, 9.17) is 15.5 Å². The Morgan fingerprint density at radius 1 is 1.23 bits per heavy atom. The van der Waals surface area contributed by atoms with Gasteiger partial charge in [0.1, 0.15) is 5.82 Å². The van der Waals surface area contributed by atoms with E-state index >= 15 is 0 Å². The number of hydrogen-bond acceptors (Lipinski definition) is 8. The van der Waals surface area contributed by atoms with Crippen molar-refractivity contribution in [1.29, 1.82) is 0 Å². The number of aromatic amines is 1. The predicted octanol–water partition coefficient (Wildman–Crippen LogP) is 0.892. The molecule has 0 amide bonds. The van der Waals surface area contributed by atoms with Crippen LogP contribution in [0.25, 0.3) is 16.9 Å². The molecule has 0 aliphatic carbocycles. The molecule has 0 saturated carbocycles. The fourth-order valence-electron chi connectivity index (χ4n) is 5.23. The molecule has 0 radical (unpaired) electrons. The summed E-state index contributed by atoms with van der Waals surface area (Å²) in [5.41, 5.74) is 8.38. The Morgan fingerprint density at radius 3 is 2.80 bits per heavy atom. The second-order valence-corrected chi connectivity index (χ2v) is 8.50. The SMILES string of the molecule is C[C@@H]1COCCN1c1cc(N2C3CCC2CNC3)c2c(N)nn(-c3ccn[nH]3)c2n1. The summed E-state index contributed by atoms with van der Waals surface area (Å²) in [5, 5.41) is 16.2. The number of aromatic nitrogens is 5. The largest absolute Gasteiger partial charge is 0.382 e. The fraction of sp³-hybridized carbons (Fsp3) is 0.550. The molecule has 3 aromatic heterocycles. The molecule has 2 bridgehead atoms. The summed E-state index contributed by atoms with van der Waals surface area (Å²) in [7, 11) is 0. The zero-order chi connectivity index (χ0) is 20.2. The van der Waals surface area contributed by atoms with Gasteiger partial charge in [0.25, 0.3) is 0 Å². The van der Waals surface area contributed by atoms with E-state index < -0.39 is 0 Å². The first kappa shape index (κ1) is 18.0. The summed E-state index contributed by atoms with van der Waals surface area (Å²) in [6.07, 6.45) is 4.10. The number of ether oxygens (including phenoxy) is 1. The number of nitrogens with one attached hydrogen (secondary N) is 2. The van der Waals surface area contributed by atoms with Gasteiger partial charge in [0.05, 0.1) is 36.5 Å².